The van der Waals surface area contributed by atoms with E-state index in [1.54, 1.807) is 13.8 Å². The van der Waals surface area contributed by atoms with Gasteiger partial charge in [0.1, 0.15) is 0 Å². The molecule has 1 unspecified atom stereocenters. The average Bonchev–Trinajstić information content (AvgIpc) is 2.48. The van der Waals surface area contributed by atoms with Crippen molar-refractivity contribution in [2.75, 3.05) is 6.54 Å². The molecule has 1 atom stereocenters. The van der Waals surface area contributed by atoms with Crippen molar-refractivity contribution in [1.82, 2.24) is 0 Å². The van der Waals surface area contributed by atoms with E-state index in [0.29, 0.717) is 12.8 Å². The van der Waals surface area contributed by atoms with Crippen molar-refractivity contribution in [2.45, 2.75) is 59.8 Å². The molecule has 8 nitrogen and oxygen atoms in total. The van der Waals surface area contributed by atoms with E-state index in [1.165, 1.54) is 0 Å². The summed E-state index contributed by atoms with van der Waals surface area (Å²) in [6.45, 7) is 7.44. The van der Waals surface area contributed by atoms with Crippen molar-refractivity contribution in [3.05, 3.63) is 14.7 Å². The maximum atomic E-state index is 11.9. The molecule has 130 valence electrons. The van der Waals surface area contributed by atoms with Gasteiger partial charge < -0.3 is 0 Å². The maximum absolute atomic E-state index is 11.9. The highest BCUT2D eigenvalue weighted by Gasteiger charge is 2.41. The number of carbonyl (C=O) groups excluding carboxylic acids is 2. The minimum absolute atomic E-state index is 0.215. The summed E-state index contributed by atoms with van der Waals surface area (Å²) in [5, 5.41) is 7.68. The third-order valence-electron chi connectivity index (χ3n) is 4.15. The summed E-state index contributed by atoms with van der Waals surface area (Å²) in [5.74, 6) is -2.45. The number of amides is 2. The summed E-state index contributed by atoms with van der Waals surface area (Å²) < 4.78 is 0. The third-order valence-corrected chi connectivity index (χ3v) is 4.15. The summed E-state index contributed by atoms with van der Waals surface area (Å²) in [6.07, 6.45) is 2.30. The first-order valence-corrected chi connectivity index (χ1v) is 7.62. The van der Waals surface area contributed by atoms with Crippen molar-refractivity contribution in [3.8, 4) is 0 Å². The number of hydrogen-bond acceptors (Lipinski definition) is 6. The zero-order valence-corrected chi connectivity index (χ0v) is 14.2. The Morgan fingerprint density at radius 1 is 0.957 bits per heavy atom. The molecule has 0 aromatic rings. The van der Waals surface area contributed by atoms with Crippen LogP contribution in [0.4, 0.5) is 0 Å². The fourth-order valence-corrected chi connectivity index (χ4v) is 2.74. The summed E-state index contributed by atoms with van der Waals surface area (Å²) in [7, 11) is 0. The molecule has 0 saturated heterocycles. The van der Waals surface area contributed by atoms with Crippen LogP contribution in [0.25, 0.3) is 0 Å². The van der Waals surface area contributed by atoms with Crippen LogP contribution in [0, 0.1) is 31.5 Å². The van der Waals surface area contributed by atoms with E-state index in [4.69, 9.17) is 0 Å². The number of hydrogen-bond donors (Lipinski definition) is 0. The van der Waals surface area contributed by atoms with Crippen molar-refractivity contribution in [3.63, 3.8) is 0 Å². The zero-order valence-electron chi connectivity index (χ0n) is 14.2. The van der Waals surface area contributed by atoms with Gasteiger partial charge in [0.2, 0.25) is 0 Å². The van der Waals surface area contributed by atoms with Gasteiger partial charge in [-0.1, -0.05) is 39.3 Å². The smallest absolute Gasteiger partial charge is 0.269 e. The lowest BCUT2D eigenvalue weighted by Gasteiger charge is -2.36. The van der Waals surface area contributed by atoms with Crippen LogP contribution in [0.3, 0.4) is 0 Å². The molecule has 23 heavy (non-hydrogen) atoms. The lowest BCUT2D eigenvalue weighted by molar-refractivity contribution is -0.129. The van der Waals surface area contributed by atoms with Crippen LogP contribution in [-0.2, 0) is 9.59 Å². The van der Waals surface area contributed by atoms with Crippen LogP contribution in [-0.4, -0.2) is 18.4 Å². The molecule has 0 N–H and O–H groups in total. The molecule has 0 heterocycles. The maximum Gasteiger partial charge on any atom is 0.289 e. The van der Waals surface area contributed by atoms with Gasteiger partial charge >= 0.3 is 0 Å². The second-order valence-corrected chi connectivity index (χ2v) is 7.31. The van der Waals surface area contributed by atoms with Crippen LogP contribution < -0.4 is 0 Å². The average molecular weight is 327 g/mol. The largest absolute Gasteiger partial charge is 0.289 e. The van der Waals surface area contributed by atoms with Gasteiger partial charge in [0.15, 0.2) is 0 Å². The summed E-state index contributed by atoms with van der Waals surface area (Å²) in [5.41, 5.74) is -1.18. The first-order chi connectivity index (χ1) is 10.6. The summed E-state index contributed by atoms with van der Waals surface area (Å²) in [4.78, 5) is 54.4. The second-order valence-electron chi connectivity index (χ2n) is 7.31. The van der Waals surface area contributed by atoms with E-state index in [-0.39, 0.29) is 18.4 Å². The standard InChI is InChI=1S/C15H25N3O5/c1-14(2,7-5-6-8-16-21)9-11(13(20)18-23)15(3,4)10-12(19)17-22/h11H,5-10H2,1-4H3. The van der Waals surface area contributed by atoms with E-state index < -0.39 is 23.1 Å². The Hall–Kier alpha value is -1.86. The molecule has 0 aliphatic carbocycles. The molecule has 0 radical (unpaired) electrons. The van der Waals surface area contributed by atoms with E-state index >= 15 is 0 Å². The van der Waals surface area contributed by atoms with E-state index in [1.807, 2.05) is 13.8 Å². The van der Waals surface area contributed by atoms with Crippen LogP contribution in [0.1, 0.15) is 59.8 Å². The Kier molecular flexibility index (Phi) is 8.56. The lowest BCUT2D eigenvalue weighted by atomic mass is 9.67. The summed E-state index contributed by atoms with van der Waals surface area (Å²) in [6, 6.07) is 0. The Balaban J connectivity index is 5.06. The molecule has 0 spiro atoms. The second kappa shape index (κ2) is 9.32. The highest BCUT2D eigenvalue weighted by molar-refractivity contribution is 5.82. The van der Waals surface area contributed by atoms with E-state index in [0.717, 1.165) is 12.8 Å². The fourth-order valence-electron chi connectivity index (χ4n) is 2.74. The van der Waals surface area contributed by atoms with Gasteiger partial charge in [-0.25, -0.2) is 0 Å². The van der Waals surface area contributed by atoms with Gasteiger partial charge in [-0.15, -0.1) is 9.81 Å². The minimum Gasteiger partial charge on any atom is -0.269 e. The predicted octanol–water partition coefficient (Wildman–Crippen LogP) is 3.96. The van der Waals surface area contributed by atoms with Gasteiger partial charge in [-0.2, -0.15) is 4.91 Å². The number of unbranched alkanes of at least 4 members (excludes halogenated alkanes) is 1. The van der Waals surface area contributed by atoms with Gasteiger partial charge in [0, 0.05) is 22.7 Å². The van der Waals surface area contributed by atoms with Crippen LogP contribution in [0.15, 0.2) is 15.5 Å². The van der Waals surface area contributed by atoms with Crippen molar-refractivity contribution in [2.24, 2.45) is 32.3 Å². The first kappa shape index (κ1) is 21.1. The Bertz CT molecular complexity index is 460. The molecular weight excluding hydrogens is 302 g/mol. The molecule has 0 aromatic heterocycles. The highest BCUT2D eigenvalue weighted by atomic mass is 16.3. The molecular formula is C15H25N3O5. The Morgan fingerprint density at radius 3 is 2.04 bits per heavy atom. The Morgan fingerprint density at radius 2 is 1.57 bits per heavy atom. The van der Waals surface area contributed by atoms with E-state index in [9.17, 15) is 24.3 Å². The molecule has 2 amide bonds. The fraction of sp³-hybridized carbons (Fsp3) is 0.867. The third kappa shape index (κ3) is 7.80. The molecule has 0 bridgehead atoms. The van der Waals surface area contributed by atoms with Crippen molar-refractivity contribution < 1.29 is 9.59 Å². The highest BCUT2D eigenvalue weighted by Crippen LogP contribution is 2.42. The molecule has 0 rings (SSSR count). The van der Waals surface area contributed by atoms with Gasteiger partial charge in [0.25, 0.3) is 11.8 Å². The number of rotatable bonds is 11. The molecule has 0 saturated carbocycles. The normalized spacial score (nSPS) is 13.2. The first-order valence-electron chi connectivity index (χ1n) is 7.62. The van der Waals surface area contributed by atoms with Gasteiger partial charge in [-0.05, 0) is 30.1 Å². The quantitative estimate of drug-likeness (QED) is 0.420. The number of carbonyl (C=O) groups is 2. The lowest BCUT2D eigenvalue weighted by Crippen LogP contribution is -2.35. The Labute approximate surface area is 135 Å². The van der Waals surface area contributed by atoms with Gasteiger partial charge in [-0.3, -0.25) is 9.59 Å². The summed E-state index contributed by atoms with van der Waals surface area (Å²) >= 11 is 0. The van der Waals surface area contributed by atoms with Gasteiger partial charge in [0.05, 0.1) is 6.54 Å². The predicted molar refractivity (Wildman–Crippen MR) is 86.4 cm³/mol. The number of nitrogens with zero attached hydrogens (tertiary/aromatic N) is 3. The van der Waals surface area contributed by atoms with E-state index in [2.05, 4.69) is 15.5 Å². The van der Waals surface area contributed by atoms with Crippen molar-refractivity contribution >= 4 is 11.8 Å². The number of nitroso groups, excluding NO2 is 3. The van der Waals surface area contributed by atoms with Crippen molar-refractivity contribution in [1.29, 1.82) is 0 Å². The molecule has 0 aromatic carbocycles. The topological polar surface area (TPSA) is 122 Å². The van der Waals surface area contributed by atoms with Crippen LogP contribution in [0.2, 0.25) is 0 Å². The molecule has 0 aliphatic heterocycles. The zero-order chi connectivity index (χ0) is 18.1. The monoisotopic (exact) mass is 327 g/mol. The van der Waals surface area contributed by atoms with Crippen LogP contribution in [0.5, 0.6) is 0 Å². The van der Waals surface area contributed by atoms with Crippen LogP contribution >= 0.6 is 0 Å². The molecule has 0 aliphatic rings. The minimum atomic E-state index is -0.891. The SMILES string of the molecule is CC(C)(CCCCN=O)CC(C(=O)N=O)C(C)(C)CC(=O)N=O. The molecule has 8 heteroatoms. The molecule has 0 fully saturated rings.